The number of aromatic amines is 1. The van der Waals surface area contributed by atoms with Crippen molar-refractivity contribution in [1.82, 2.24) is 25.9 Å². The predicted octanol–water partition coefficient (Wildman–Crippen LogP) is 3.48. The summed E-state index contributed by atoms with van der Waals surface area (Å²) in [6, 6.07) is 8.94. The molecule has 1 aromatic carbocycles. The third kappa shape index (κ3) is 4.05. The van der Waals surface area contributed by atoms with Crippen molar-refractivity contribution in [3.05, 3.63) is 53.6 Å². The van der Waals surface area contributed by atoms with E-state index in [9.17, 15) is 5.11 Å². The molecule has 1 aliphatic carbocycles. The third-order valence-electron chi connectivity index (χ3n) is 6.41. The van der Waals surface area contributed by atoms with Crippen LogP contribution in [0, 0.1) is 11.8 Å². The van der Waals surface area contributed by atoms with Gasteiger partial charge in [0.05, 0.1) is 5.76 Å². The standard InChI is InChI=1S/C21H29N5O/c1-14(27)20(17-4-2-3-5-17)19(21-23-25-26-24-21)12-15-6-8-16(9-7-15)18-10-11-22-13-18/h6-9,17-20,22,27H,1-5,10-13H2,(H,23,24,25,26)/t18?,19-,20-/m0/s1. The molecule has 1 saturated heterocycles. The number of nitrogens with one attached hydrogen (secondary N) is 2. The number of H-pyrrole nitrogens is 1. The molecule has 2 heterocycles. The normalized spacial score (nSPS) is 22.7. The lowest BCUT2D eigenvalue weighted by atomic mass is 9.76. The van der Waals surface area contributed by atoms with Gasteiger partial charge in [0, 0.05) is 18.4 Å². The van der Waals surface area contributed by atoms with Gasteiger partial charge in [-0.15, -0.1) is 5.10 Å². The van der Waals surface area contributed by atoms with Crippen LogP contribution in [-0.2, 0) is 6.42 Å². The van der Waals surface area contributed by atoms with E-state index in [2.05, 4.69) is 56.8 Å². The molecule has 6 heteroatoms. The van der Waals surface area contributed by atoms with Crippen LogP contribution >= 0.6 is 0 Å². The van der Waals surface area contributed by atoms with Gasteiger partial charge in [0.2, 0.25) is 0 Å². The molecule has 144 valence electrons. The van der Waals surface area contributed by atoms with Gasteiger partial charge in [0.15, 0.2) is 5.82 Å². The van der Waals surface area contributed by atoms with Gasteiger partial charge in [-0.1, -0.05) is 43.7 Å². The van der Waals surface area contributed by atoms with Crippen LogP contribution in [0.4, 0.5) is 0 Å². The van der Waals surface area contributed by atoms with Gasteiger partial charge in [-0.3, -0.25) is 0 Å². The molecular weight excluding hydrogens is 338 g/mol. The van der Waals surface area contributed by atoms with Crippen LogP contribution in [0.25, 0.3) is 0 Å². The highest BCUT2D eigenvalue weighted by Gasteiger charge is 2.36. The first-order valence-electron chi connectivity index (χ1n) is 10.1. The maximum Gasteiger partial charge on any atom is 0.152 e. The highest BCUT2D eigenvalue weighted by atomic mass is 16.3. The van der Waals surface area contributed by atoms with Crippen molar-refractivity contribution in [3.8, 4) is 0 Å². The van der Waals surface area contributed by atoms with Gasteiger partial charge >= 0.3 is 0 Å². The van der Waals surface area contributed by atoms with Crippen molar-refractivity contribution < 1.29 is 5.11 Å². The molecule has 27 heavy (non-hydrogen) atoms. The third-order valence-corrected chi connectivity index (χ3v) is 6.41. The average Bonchev–Trinajstić information content (AvgIpc) is 3.43. The van der Waals surface area contributed by atoms with Gasteiger partial charge in [0.1, 0.15) is 0 Å². The number of aromatic nitrogens is 4. The van der Waals surface area contributed by atoms with Crippen LogP contribution in [0.1, 0.15) is 60.9 Å². The Morgan fingerprint density at radius 1 is 1.19 bits per heavy atom. The van der Waals surface area contributed by atoms with E-state index < -0.39 is 0 Å². The topological polar surface area (TPSA) is 86.7 Å². The Morgan fingerprint density at radius 3 is 2.56 bits per heavy atom. The van der Waals surface area contributed by atoms with Crippen molar-refractivity contribution in [2.75, 3.05) is 13.1 Å². The summed E-state index contributed by atoms with van der Waals surface area (Å²) in [4.78, 5) is 0. The average molecular weight is 367 g/mol. The SMILES string of the molecule is C=C(O)[C@@H](C1CCCC1)[C@H](Cc1ccc(C2CCNC2)cc1)c1nnn[nH]1. The van der Waals surface area contributed by atoms with E-state index in [0.717, 1.165) is 38.2 Å². The molecule has 2 fully saturated rings. The number of benzene rings is 1. The molecule has 2 aromatic rings. The lowest BCUT2D eigenvalue weighted by molar-refractivity contribution is 0.224. The Bertz CT molecular complexity index is 730. The minimum Gasteiger partial charge on any atom is -0.513 e. The summed E-state index contributed by atoms with van der Waals surface area (Å²) < 4.78 is 0. The van der Waals surface area contributed by atoms with Gasteiger partial charge in [-0.2, -0.15) is 0 Å². The van der Waals surface area contributed by atoms with E-state index >= 15 is 0 Å². The van der Waals surface area contributed by atoms with Crippen LogP contribution in [0.2, 0.25) is 0 Å². The number of hydrogen-bond acceptors (Lipinski definition) is 5. The summed E-state index contributed by atoms with van der Waals surface area (Å²) >= 11 is 0. The minimum atomic E-state index is -0.0130. The predicted molar refractivity (Wildman–Crippen MR) is 105 cm³/mol. The second-order valence-corrected chi connectivity index (χ2v) is 8.09. The number of tetrazole rings is 1. The number of hydrogen-bond donors (Lipinski definition) is 3. The molecule has 1 saturated carbocycles. The molecule has 0 bridgehead atoms. The molecule has 2 aliphatic rings. The smallest absolute Gasteiger partial charge is 0.152 e. The van der Waals surface area contributed by atoms with Crippen molar-refractivity contribution in [1.29, 1.82) is 0 Å². The fourth-order valence-electron chi connectivity index (χ4n) is 4.99. The molecule has 4 rings (SSSR count). The molecule has 6 nitrogen and oxygen atoms in total. The lowest BCUT2D eigenvalue weighted by Crippen LogP contribution is -2.25. The first kappa shape index (κ1) is 18.2. The second-order valence-electron chi connectivity index (χ2n) is 8.09. The van der Waals surface area contributed by atoms with E-state index in [4.69, 9.17) is 0 Å². The van der Waals surface area contributed by atoms with Gasteiger partial charge in [0.25, 0.3) is 0 Å². The van der Waals surface area contributed by atoms with E-state index in [1.807, 2.05) is 0 Å². The number of aliphatic hydroxyl groups excluding tert-OH is 1. The van der Waals surface area contributed by atoms with Crippen LogP contribution in [0.15, 0.2) is 36.6 Å². The number of nitrogens with zero attached hydrogens (tertiary/aromatic N) is 3. The first-order chi connectivity index (χ1) is 13.2. The second kappa shape index (κ2) is 8.21. The monoisotopic (exact) mass is 367 g/mol. The first-order valence-corrected chi connectivity index (χ1v) is 10.1. The van der Waals surface area contributed by atoms with E-state index in [1.165, 1.54) is 30.4 Å². The summed E-state index contributed by atoms with van der Waals surface area (Å²) in [5.74, 6) is 2.07. The fourth-order valence-corrected chi connectivity index (χ4v) is 4.99. The van der Waals surface area contributed by atoms with E-state index in [-0.39, 0.29) is 17.6 Å². The molecular formula is C21H29N5O. The minimum absolute atomic E-state index is 0.0130. The summed E-state index contributed by atoms with van der Waals surface area (Å²) in [6.07, 6.45) is 6.71. The van der Waals surface area contributed by atoms with Crippen LogP contribution in [-0.4, -0.2) is 38.8 Å². The Hall–Kier alpha value is -2.21. The van der Waals surface area contributed by atoms with E-state index in [1.54, 1.807) is 0 Å². The highest BCUT2D eigenvalue weighted by molar-refractivity contribution is 5.28. The molecule has 0 spiro atoms. The van der Waals surface area contributed by atoms with Crippen LogP contribution in [0.3, 0.4) is 0 Å². The van der Waals surface area contributed by atoms with E-state index in [0.29, 0.717) is 11.8 Å². The van der Waals surface area contributed by atoms with Gasteiger partial charge in [-0.05, 0) is 65.6 Å². The largest absolute Gasteiger partial charge is 0.513 e. The number of rotatable bonds is 7. The lowest BCUT2D eigenvalue weighted by Gasteiger charge is -2.29. The van der Waals surface area contributed by atoms with Crippen molar-refractivity contribution in [2.24, 2.45) is 11.8 Å². The molecule has 3 atom stereocenters. The van der Waals surface area contributed by atoms with Crippen LogP contribution < -0.4 is 5.32 Å². The fraction of sp³-hybridized carbons (Fsp3) is 0.571. The van der Waals surface area contributed by atoms with Crippen molar-refractivity contribution in [3.63, 3.8) is 0 Å². The van der Waals surface area contributed by atoms with Gasteiger partial charge in [-0.25, -0.2) is 5.10 Å². The maximum absolute atomic E-state index is 10.4. The van der Waals surface area contributed by atoms with Gasteiger partial charge < -0.3 is 10.4 Å². The quantitative estimate of drug-likeness (QED) is 0.652. The maximum atomic E-state index is 10.4. The molecule has 1 aromatic heterocycles. The van der Waals surface area contributed by atoms with Crippen molar-refractivity contribution >= 4 is 0 Å². The molecule has 1 unspecified atom stereocenters. The van der Waals surface area contributed by atoms with Crippen molar-refractivity contribution in [2.45, 2.75) is 50.4 Å². The summed E-state index contributed by atoms with van der Waals surface area (Å²) in [6.45, 7) is 6.08. The zero-order chi connectivity index (χ0) is 18.6. The molecule has 0 amide bonds. The summed E-state index contributed by atoms with van der Waals surface area (Å²) in [5, 5.41) is 28.5. The zero-order valence-corrected chi connectivity index (χ0v) is 15.8. The molecule has 0 radical (unpaired) electrons. The Labute approximate surface area is 160 Å². The zero-order valence-electron chi connectivity index (χ0n) is 15.8. The summed E-state index contributed by atoms with van der Waals surface area (Å²) in [7, 11) is 0. The Morgan fingerprint density at radius 2 is 1.96 bits per heavy atom. The Kier molecular flexibility index (Phi) is 5.53. The van der Waals surface area contributed by atoms with Crippen LogP contribution in [0.5, 0.6) is 0 Å². The number of aliphatic hydroxyl groups is 1. The molecule has 1 aliphatic heterocycles. The highest BCUT2D eigenvalue weighted by Crippen LogP contribution is 2.42. The summed E-state index contributed by atoms with van der Waals surface area (Å²) in [5.41, 5.74) is 2.65. The Balaban J connectivity index is 1.56. The molecule has 3 N–H and O–H groups in total. The number of allylic oxidation sites excluding steroid dienone is 1.